The fourth-order valence-electron chi connectivity index (χ4n) is 1.65. The molecule has 0 unspecified atom stereocenters. The Morgan fingerprint density at radius 3 is 2.05 bits per heavy atom. The van der Waals surface area contributed by atoms with Gasteiger partial charge in [-0.05, 0) is 36.2 Å². The van der Waals surface area contributed by atoms with Gasteiger partial charge in [0.05, 0.1) is 11.4 Å². The molecule has 0 spiro atoms. The molecule has 2 aromatic rings. The lowest BCUT2D eigenvalue weighted by molar-refractivity contribution is 0.264. The van der Waals surface area contributed by atoms with Gasteiger partial charge < -0.3 is 0 Å². The Morgan fingerprint density at radius 1 is 1.00 bits per heavy atom. The highest BCUT2D eigenvalue weighted by molar-refractivity contribution is 6.66. The van der Waals surface area contributed by atoms with Crippen molar-refractivity contribution in [2.24, 2.45) is 5.10 Å². The molecule has 0 aliphatic heterocycles. The van der Waals surface area contributed by atoms with Gasteiger partial charge in [0.15, 0.2) is 0 Å². The average Bonchev–Trinajstić information content (AvgIpc) is 2.46. The molecule has 0 atom stereocenters. The number of nitrogens with zero attached hydrogens (tertiary/aromatic N) is 2. The predicted molar refractivity (Wildman–Crippen MR) is 78.8 cm³/mol. The summed E-state index contributed by atoms with van der Waals surface area (Å²) < 4.78 is 0. The number of hydrogen-bond acceptors (Lipinski definition) is 2. The maximum Gasteiger partial charge on any atom is 0.341 e. The van der Waals surface area contributed by atoms with E-state index in [9.17, 15) is 4.79 Å². The fourth-order valence-corrected chi connectivity index (χ4v) is 1.79. The van der Waals surface area contributed by atoms with Crippen LogP contribution in [0.4, 0.5) is 10.5 Å². The monoisotopic (exact) mass is 272 g/mol. The third-order valence-corrected chi connectivity index (χ3v) is 2.77. The Kier molecular flexibility index (Phi) is 4.31. The maximum atomic E-state index is 11.5. The largest absolute Gasteiger partial charge is 0.341 e. The summed E-state index contributed by atoms with van der Waals surface area (Å²) >= 11 is 5.59. The zero-order valence-electron chi connectivity index (χ0n) is 10.5. The Labute approximate surface area is 117 Å². The van der Waals surface area contributed by atoms with Gasteiger partial charge in [0.2, 0.25) is 0 Å². The topological polar surface area (TPSA) is 32.7 Å². The molecule has 0 saturated carbocycles. The van der Waals surface area contributed by atoms with Gasteiger partial charge in [-0.1, -0.05) is 48.5 Å². The number of amides is 1. The zero-order valence-corrected chi connectivity index (χ0v) is 11.2. The first kappa shape index (κ1) is 13.3. The van der Waals surface area contributed by atoms with E-state index in [2.05, 4.69) is 5.10 Å². The van der Waals surface area contributed by atoms with Crippen molar-refractivity contribution in [2.75, 3.05) is 5.01 Å². The van der Waals surface area contributed by atoms with Crippen LogP contribution in [-0.4, -0.2) is 11.1 Å². The van der Waals surface area contributed by atoms with Gasteiger partial charge in [0.1, 0.15) is 0 Å². The average molecular weight is 273 g/mol. The Balaban J connectivity index is 2.34. The highest BCUT2D eigenvalue weighted by Gasteiger charge is 2.12. The summed E-state index contributed by atoms with van der Waals surface area (Å²) in [6.07, 6.45) is 0. The number of halogens is 1. The number of anilines is 1. The number of carbonyl (C=O) groups excluding carboxylic acids is 1. The quantitative estimate of drug-likeness (QED) is 0.355. The minimum Gasteiger partial charge on any atom is -0.253 e. The normalized spacial score (nSPS) is 11.2. The molecule has 1 amide bonds. The second kappa shape index (κ2) is 6.16. The molecule has 0 N–H and O–H groups in total. The lowest BCUT2D eigenvalue weighted by Gasteiger charge is -2.15. The van der Waals surface area contributed by atoms with Crippen molar-refractivity contribution in [1.29, 1.82) is 0 Å². The number of benzene rings is 2. The molecular formula is C15H13ClN2O. The Morgan fingerprint density at radius 2 is 1.53 bits per heavy atom. The lowest BCUT2D eigenvalue weighted by Crippen LogP contribution is -2.21. The smallest absolute Gasteiger partial charge is 0.253 e. The van der Waals surface area contributed by atoms with Crippen LogP contribution in [0.2, 0.25) is 0 Å². The van der Waals surface area contributed by atoms with E-state index in [-0.39, 0.29) is 0 Å². The number of rotatable bonds is 3. The molecule has 0 fully saturated rings. The molecule has 0 heterocycles. The van der Waals surface area contributed by atoms with Crippen molar-refractivity contribution in [3.05, 3.63) is 66.2 Å². The van der Waals surface area contributed by atoms with Crippen LogP contribution >= 0.6 is 11.6 Å². The van der Waals surface area contributed by atoms with E-state index in [4.69, 9.17) is 11.6 Å². The first-order chi connectivity index (χ1) is 9.18. The van der Waals surface area contributed by atoms with E-state index in [1.54, 1.807) is 12.1 Å². The highest BCUT2D eigenvalue weighted by atomic mass is 35.5. The third kappa shape index (κ3) is 3.42. The predicted octanol–water partition coefficient (Wildman–Crippen LogP) is 4.28. The number of hydrogen-bond donors (Lipinski definition) is 0. The van der Waals surface area contributed by atoms with Gasteiger partial charge in [0, 0.05) is 0 Å². The van der Waals surface area contributed by atoms with Crippen molar-refractivity contribution >= 4 is 28.4 Å². The van der Waals surface area contributed by atoms with Gasteiger partial charge in [-0.2, -0.15) is 10.1 Å². The van der Waals surface area contributed by atoms with Gasteiger partial charge in [-0.25, -0.2) is 0 Å². The van der Waals surface area contributed by atoms with Crippen LogP contribution in [0, 0.1) is 0 Å². The van der Waals surface area contributed by atoms with Crippen LogP contribution in [0.3, 0.4) is 0 Å². The van der Waals surface area contributed by atoms with E-state index >= 15 is 0 Å². The van der Waals surface area contributed by atoms with Crippen LogP contribution in [0.25, 0.3) is 0 Å². The minimum atomic E-state index is -0.638. The van der Waals surface area contributed by atoms with Gasteiger partial charge >= 0.3 is 5.37 Å². The molecule has 4 heteroatoms. The summed E-state index contributed by atoms with van der Waals surface area (Å²) in [5.41, 5.74) is 2.30. The summed E-state index contributed by atoms with van der Waals surface area (Å²) in [4.78, 5) is 11.5. The standard InChI is InChI=1S/C15H13ClN2O/c1-12(13-8-4-2-5-9-13)17-18(15(16)19)14-10-6-3-7-11-14/h2-11H,1H3/b17-12+. The molecule has 2 aromatic carbocycles. The molecule has 0 saturated heterocycles. The second-order valence-electron chi connectivity index (χ2n) is 3.95. The SMILES string of the molecule is C/C(=N\N(C(=O)Cl)c1ccccc1)c1ccccc1. The first-order valence-electron chi connectivity index (χ1n) is 5.84. The van der Waals surface area contributed by atoms with Crippen molar-refractivity contribution < 1.29 is 4.79 Å². The third-order valence-electron chi connectivity index (χ3n) is 2.61. The molecule has 19 heavy (non-hydrogen) atoms. The van der Waals surface area contributed by atoms with Gasteiger partial charge in [-0.15, -0.1) is 0 Å². The minimum absolute atomic E-state index is 0.637. The summed E-state index contributed by atoms with van der Waals surface area (Å²) in [5.74, 6) is 0. The fraction of sp³-hybridized carbons (Fsp3) is 0.0667. The molecule has 0 radical (unpaired) electrons. The Bertz CT molecular complexity index is 582. The van der Waals surface area contributed by atoms with E-state index in [1.165, 1.54) is 5.01 Å². The highest BCUT2D eigenvalue weighted by Crippen LogP contribution is 2.17. The van der Waals surface area contributed by atoms with Gasteiger partial charge in [-0.3, -0.25) is 4.79 Å². The number of hydrazone groups is 1. The number of para-hydroxylation sites is 1. The molecule has 0 aromatic heterocycles. The Hall–Kier alpha value is -2.13. The van der Waals surface area contributed by atoms with Crippen LogP contribution in [0.1, 0.15) is 12.5 Å². The maximum absolute atomic E-state index is 11.5. The molecule has 0 bridgehead atoms. The van der Waals surface area contributed by atoms with E-state index in [1.807, 2.05) is 55.5 Å². The summed E-state index contributed by atoms with van der Waals surface area (Å²) in [6.45, 7) is 1.84. The molecule has 2 rings (SSSR count). The van der Waals surface area contributed by atoms with Crippen molar-refractivity contribution in [1.82, 2.24) is 0 Å². The molecule has 3 nitrogen and oxygen atoms in total. The van der Waals surface area contributed by atoms with Crippen LogP contribution in [0.15, 0.2) is 65.8 Å². The van der Waals surface area contributed by atoms with E-state index < -0.39 is 5.37 Å². The summed E-state index contributed by atoms with van der Waals surface area (Å²) in [6, 6.07) is 18.7. The molecule has 96 valence electrons. The van der Waals surface area contributed by atoms with Gasteiger partial charge in [0.25, 0.3) is 0 Å². The lowest BCUT2D eigenvalue weighted by atomic mass is 10.1. The van der Waals surface area contributed by atoms with Crippen molar-refractivity contribution in [3.8, 4) is 0 Å². The zero-order chi connectivity index (χ0) is 13.7. The molecule has 0 aliphatic carbocycles. The van der Waals surface area contributed by atoms with Crippen LogP contribution in [-0.2, 0) is 0 Å². The second-order valence-corrected chi connectivity index (χ2v) is 4.28. The van der Waals surface area contributed by atoms with E-state index in [0.717, 1.165) is 11.3 Å². The van der Waals surface area contributed by atoms with Crippen LogP contribution in [0.5, 0.6) is 0 Å². The molecular weight excluding hydrogens is 260 g/mol. The van der Waals surface area contributed by atoms with Crippen molar-refractivity contribution in [3.63, 3.8) is 0 Å². The summed E-state index contributed by atoms with van der Waals surface area (Å²) in [5, 5.41) is 4.83. The van der Waals surface area contributed by atoms with E-state index in [0.29, 0.717) is 5.69 Å². The first-order valence-corrected chi connectivity index (χ1v) is 6.21. The molecule has 0 aliphatic rings. The van der Waals surface area contributed by atoms with Crippen LogP contribution < -0.4 is 5.01 Å². The van der Waals surface area contributed by atoms with Crippen molar-refractivity contribution in [2.45, 2.75) is 6.92 Å². The number of carbonyl (C=O) groups is 1. The summed E-state index contributed by atoms with van der Waals surface area (Å²) in [7, 11) is 0.